The molecule has 1 atom stereocenters. The molecule has 22 heavy (non-hydrogen) atoms. The van der Waals surface area contributed by atoms with Crippen molar-refractivity contribution in [1.82, 2.24) is 5.32 Å². The molecule has 0 aromatic heterocycles. The number of carbonyl (C=O) groups is 1. The minimum Gasteiger partial charge on any atom is -0.348 e. The van der Waals surface area contributed by atoms with Crippen molar-refractivity contribution >= 4 is 5.91 Å². The van der Waals surface area contributed by atoms with E-state index in [1.165, 1.54) is 23.3 Å². The van der Waals surface area contributed by atoms with Gasteiger partial charge in [-0.2, -0.15) is 0 Å². The summed E-state index contributed by atoms with van der Waals surface area (Å²) in [5.41, 5.74) is 1.41. The molecule has 1 aromatic rings. The zero-order valence-electron chi connectivity index (χ0n) is 13.6. The molecule has 3 rings (SSSR count). The topological polar surface area (TPSA) is 38.0 Å². The van der Waals surface area contributed by atoms with Crippen LogP contribution in [0.5, 0.6) is 0 Å². The van der Waals surface area contributed by atoms with Crippen molar-refractivity contribution in [2.45, 2.75) is 32.4 Å². The summed E-state index contributed by atoms with van der Waals surface area (Å²) in [6.07, 6.45) is 2.58. The van der Waals surface area contributed by atoms with E-state index in [9.17, 15) is 4.79 Å². The number of benzene rings is 1. The second-order valence-electron chi connectivity index (χ2n) is 7.03. The van der Waals surface area contributed by atoms with E-state index >= 15 is 0 Å². The molecular formula is C18H29N3O+2. The molecule has 4 heteroatoms. The van der Waals surface area contributed by atoms with E-state index in [-0.39, 0.29) is 5.91 Å². The Morgan fingerprint density at radius 1 is 1.14 bits per heavy atom. The Hall–Kier alpha value is -1.39. The molecule has 3 N–H and O–H groups in total. The van der Waals surface area contributed by atoms with Gasteiger partial charge < -0.3 is 15.1 Å². The van der Waals surface area contributed by atoms with Crippen LogP contribution >= 0.6 is 0 Å². The van der Waals surface area contributed by atoms with E-state index in [0.717, 1.165) is 38.6 Å². The maximum atomic E-state index is 12.1. The third-order valence-electron chi connectivity index (χ3n) is 5.09. The first-order valence-electron chi connectivity index (χ1n) is 8.71. The average Bonchev–Trinajstić information content (AvgIpc) is 3.35. The fourth-order valence-corrected chi connectivity index (χ4v) is 3.44. The zero-order chi connectivity index (χ0) is 15.4. The van der Waals surface area contributed by atoms with E-state index in [1.54, 1.807) is 4.90 Å². The SMILES string of the molecule is C[C@H](NC(=O)C[NH+]1CC[NH+](Cc2ccccc2)CC1)C1CC1. The average molecular weight is 303 g/mol. The first-order chi connectivity index (χ1) is 10.7. The minimum absolute atomic E-state index is 0.237. The molecule has 120 valence electrons. The number of piperazine rings is 1. The Morgan fingerprint density at radius 2 is 1.77 bits per heavy atom. The summed E-state index contributed by atoms with van der Waals surface area (Å²) in [7, 11) is 0. The highest BCUT2D eigenvalue weighted by molar-refractivity contribution is 5.77. The fraction of sp³-hybridized carbons (Fsp3) is 0.611. The van der Waals surface area contributed by atoms with Crippen molar-refractivity contribution in [1.29, 1.82) is 0 Å². The van der Waals surface area contributed by atoms with Crippen LogP contribution in [0.3, 0.4) is 0 Å². The van der Waals surface area contributed by atoms with Gasteiger partial charge in [-0.15, -0.1) is 0 Å². The predicted octanol–water partition coefficient (Wildman–Crippen LogP) is -1.12. The van der Waals surface area contributed by atoms with Crippen LogP contribution in [0.2, 0.25) is 0 Å². The summed E-state index contributed by atoms with van der Waals surface area (Å²) < 4.78 is 0. The van der Waals surface area contributed by atoms with Crippen LogP contribution in [0, 0.1) is 5.92 Å². The lowest BCUT2D eigenvalue weighted by atomic mass is 10.2. The van der Waals surface area contributed by atoms with Crippen LogP contribution in [0.4, 0.5) is 0 Å². The van der Waals surface area contributed by atoms with Gasteiger partial charge in [0.1, 0.15) is 32.7 Å². The van der Waals surface area contributed by atoms with Crippen molar-refractivity contribution in [3.05, 3.63) is 35.9 Å². The number of hydrogen-bond donors (Lipinski definition) is 3. The number of hydrogen-bond acceptors (Lipinski definition) is 1. The highest BCUT2D eigenvalue weighted by Gasteiger charge is 2.30. The van der Waals surface area contributed by atoms with E-state index in [2.05, 4.69) is 42.6 Å². The Morgan fingerprint density at radius 3 is 2.41 bits per heavy atom. The van der Waals surface area contributed by atoms with Crippen LogP contribution in [0.15, 0.2) is 30.3 Å². The molecule has 1 heterocycles. The molecule has 0 spiro atoms. The van der Waals surface area contributed by atoms with E-state index in [0.29, 0.717) is 12.6 Å². The van der Waals surface area contributed by atoms with Gasteiger partial charge in [0, 0.05) is 11.6 Å². The molecule has 1 aliphatic heterocycles. The smallest absolute Gasteiger partial charge is 0.275 e. The first-order valence-corrected chi connectivity index (χ1v) is 8.71. The van der Waals surface area contributed by atoms with E-state index in [4.69, 9.17) is 0 Å². The number of nitrogens with one attached hydrogen (secondary N) is 3. The second-order valence-corrected chi connectivity index (χ2v) is 7.03. The maximum Gasteiger partial charge on any atom is 0.275 e. The van der Waals surface area contributed by atoms with Crippen molar-refractivity contribution in [2.75, 3.05) is 32.7 Å². The lowest BCUT2D eigenvalue weighted by Crippen LogP contribution is -3.28. The molecule has 1 aliphatic carbocycles. The van der Waals surface area contributed by atoms with Crippen LogP contribution < -0.4 is 15.1 Å². The molecule has 1 saturated carbocycles. The van der Waals surface area contributed by atoms with Crippen LogP contribution in [-0.2, 0) is 11.3 Å². The van der Waals surface area contributed by atoms with Gasteiger partial charge in [-0.1, -0.05) is 30.3 Å². The summed E-state index contributed by atoms with van der Waals surface area (Å²) in [6, 6.07) is 11.1. The first kappa shape index (κ1) is 15.5. The van der Waals surface area contributed by atoms with Crippen LogP contribution in [0.25, 0.3) is 0 Å². The van der Waals surface area contributed by atoms with Gasteiger partial charge in [0.25, 0.3) is 5.91 Å². The molecule has 1 amide bonds. The summed E-state index contributed by atoms with van der Waals surface area (Å²) in [5, 5.41) is 3.17. The Kier molecular flexibility index (Phi) is 5.11. The normalized spacial score (nSPS) is 26.4. The fourth-order valence-electron chi connectivity index (χ4n) is 3.44. The van der Waals surface area contributed by atoms with Gasteiger partial charge in [-0.25, -0.2) is 0 Å². The third kappa shape index (κ3) is 4.55. The quantitative estimate of drug-likeness (QED) is 0.612. The maximum absolute atomic E-state index is 12.1. The zero-order valence-corrected chi connectivity index (χ0v) is 13.6. The molecule has 2 fully saturated rings. The number of carbonyl (C=O) groups excluding carboxylic acids is 1. The molecule has 1 aromatic carbocycles. The van der Waals surface area contributed by atoms with E-state index in [1.807, 2.05) is 0 Å². The summed E-state index contributed by atoms with van der Waals surface area (Å²) in [4.78, 5) is 15.2. The third-order valence-corrected chi connectivity index (χ3v) is 5.09. The van der Waals surface area contributed by atoms with Gasteiger partial charge in [0.2, 0.25) is 0 Å². The van der Waals surface area contributed by atoms with Crippen molar-refractivity contribution in [2.24, 2.45) is 5.92 Å². The van der Waals surface area contributed by atoms with Gasteiger partial charge >= 0.3 is 0 Å². The standard InChI is InChI=1S/C18H27N3O/c1-15(17-7-8-17)19-18(22)14-21-11-9-20(10-12-21)13-16-5-3-2-4-6-16/h2-6,15,17H,7-14H2,1H3,(H,19,22)/p+2/t15-/m0/s1. The molecular weight excluding hydrogens is 274 g/mol. The second kappa shape index (κ2) is 7.25. The van der Waals surface area contributed by atoms with E-state index < -0.39 is 0 Å². The lowest BCUT2D eigenvalue weighted by molar-refractivity contribution is -1.02. The van der Waals surface area contributed by atoms with Crippen molar-refractivity contribution in [3.8, 4) is 0 Å². The Balaban J connectivity index is 1.37. The highest BCUT2D eigenvalue weighted by Crippen LogP contribution is 2.32. The van der Waals surface area contributed by atoms with Gasteiger partial charge in [0.15, 0.2) is 6.54 Å². The van der Waals surface area contributed by atoms with Gasteiger partial charge in [0.05, 0.1) is 0 Å². The molecule has 0 radical (unpaired) electrons. The largest absolute Gasteiger partial charge is 0.348 e. The predicted molar refractivity (Wildman–Crippen MR) is 86.7 cm³/mol. The number of rotatable bonds is 6. The number of quaternary nitrogens is 2. The number of amides is 1. The summed E-state index contributed by atoms with van der Waals surface area (Å²) in [5.74, 6) is 0.979. The lowest BCUT2D eigenvalue weighted by Gasteiger charge is -2.29. The van der Waals surface area contributed by atoms with Gasteiger partial charge in [-0.3, -0.25) is 4.79 Å². The van der Waals surface area contributed by atoms with Crippen molar-refractivity contribution < 1.29 is 14.6 Å². The monoisotopic (exact) mass is 303 g/mol. The van der Waals surface area contributed by atoms with Crippen LogP contribution in [0.1, 0.15) is 25.3 Å². The molecule has 1 saturated heterocycles. The molecule has 0 unspecified atom stereocenters. The highest BCUT2D eigenvalue weighted by atomic mass is 16.2. The Bertz CT molecular complexity index is 478. The molecule has 0 bridgehead atoms. The minimum atomic E-state index is 0.237. The summed E-state index contributed by atoms with van der Waals surface area (Å²) in [6.45, 7) is 8.44. The Labute approximate surface area is 133 Å². The summed E-state index contributed by atoms with van der Waals surface area (Å²) >= 11 is 0. The molecule has 2 aliphatic rings. The van der Waals surface area contributed by atoms with Gasteiger partial charge in [-0.05, 0) is 25.7 Å². The molecule has 4 nitrogen and oxygen atoms in total. The van der Waals surface area contributed by atoms with Crippen LogP contribution in [-0.4, -0.2) is 44.7 Å². The van der Waals surface area contributed by atoms with Crippen molar-refractivity contribution in [3.63, 3.8) is 0 Å².